The summed E-state index contributed by atoms with van der Waals surface area (Å²) in [6.45, 7) is 4.52. The molecular weight excluding hydrogens is 876 g/mol. The Morgan fingerprint density at radius 3 is 1.29 bits per heavy atom. The molecule has 0 fully saturated rings. The van der Waals surface area contributed by atoms with E-state index in [0.717, 1.165) is 70.6 Å². The molecule has 2 N–H and O–H groups in total. The molecule has 0 aliphatic heterocycles. The number of carbonyl (C=O) groups is 1. The number of phosphoric acid groups is 1. The van der Waals surface area contributed by atoms with Gasteiger partial charge in [-0.1, -0.05) is 254 Å². The van der Waals surface area contributed by atoms with Crippen molar-refractivity contribution < 1.29 is 32.9 Å². The number of aliphatic hydroxyl groups excluding tert-OH is 1. The van der Waals surface area contributed by atoms with Gasteiger partial charge in [0.25, 0.3) is 7.82 Å². The van der Waals surface area contributed by atoms with Crippen molar-refractivity contribution in [3.8, 4) is 0 Å². The highest BCUT2D eigenvalue weighted by molar-refractivity contribution is 7.45. The largest absolute Gasteiger partial charge is 0.756 e. The molecule has 0 saturated heterocycles. The number of rotatable bonds is 52. The van der Waals surface area contributed by atoms with E-state index in [4.69, 9.17) is 9.05 Å². The number of amides is 1. The van der Waals surface area contributed by atoms with Crippen LogP contribution in [0.4, 0.5) is 0 Å². The van der Waals surface area contributed by atoms with Crippen LogP contribution < -0.4 is 10.2 Å². The van der Waals surface area contributed by atoms with Crippen molar-refractivity contribution in [1.82, 2.24) is 5.32 Å². The molecule has 3 unspecified atom stereocenters. The highest BCUT2D eigenvalue weighted by Crippen LogP contribution is 2.38. The molecule has 0 heterocycles. The number of quaternary nitrogens is 1. The van der Waals surface area contributed by atoms with Crippen molar-refractivity contribution in [2.75, 3.05) is 40.9 Å². The smallest absolute Gasteiger partial charge is 0.268 e. The summed E-state index contributed by atoms with van der Waals surface area (Å²) in [5.74, 6) is -0.229. The molecule has 0 rings (SSSR count). The molecule has 0 saturated carbocycles. The van der Waals surface area contributed by atoms with Crippen LogP contribution in [0.3, 0.4) is 0 Å². The lowest BCUT2D eigenvalue weighted by Crippen LogP contribution is -2.45. The summed E-state index contributed by atoms with van der Waals surface area (Å²) in [4.78, 5) is 25.5. The second-order valence-electron chi connectivity index (χ2n) is 20.6. The Kier molecular flexibility index (Phi) is 49.3. The molecule has 0 spiro atoms. The van der Waals surface area contributed by atoms with Crippen LogP contribution in [0.15, 0.2) is 72.9 Å². The summed E-state index contributed by atoms with van der Waals surface area (Å²) in [5, 5.41) is 13.9. The van der Waals surface area contributed by atoms with Gasteiger partial charge in [0, 0.05) is 6.42 Å². The maximum Gasteiger partial charge on any atom is 0.268 e. The molecule has 0 aromatic heterocycles. The van der Waals surface area contributed by atoms with Crippen LogP contribution in [0.1, 0.15) is 251 Å². The lowest BCUT2D eigenvalue weighted by atomic mass is 10.0. The van der Waals surface area contributed by atoms with Gasteiger partial charge in [0.1, 0.15) is 13.2 Å². The Balaban J connectivity index is 4.24. The van der Waals surface area contributed by atoms with Gasteiger partial charge < -0.3 is 28.8 Å². The molecule has 0 aromatic rings. The van der Waals surface area contributed by atoms with Crippen LogP contribution >= 0.6 is 7.82 Å². The van der Waals surface area contributed by atoms with E-state index in [0.29, 0.717) is 23.9 Å². The Morgan fingerprint density at radius 1 is 0.522 bits per heavy atom. The molecule has 0 aliphatic carbocycles. The van der Waals surface area contributed by atoms with Crippen LogP contribution in [0.2, 0.25) is 0 Å². The average Bonchev–Trinajstić information content (AvgIpc) is 3.31. The SMILES string of the molecule is CC/C=C\C/C=C\C/C=C\C/C=C\C/C=C\CCCCCC(=O)NC(COP(=O)([O-])OCC[N+](C)(C)C)C(O)/C=C/CCCCCCCCCCCCCCCCCCCCCCCCCCCC. The number of nitrogens with one attached hydrogen (secondary N) is 1. The minimum Gasteiger partial charge on any atom is -0.756 e. The fourth-order valence-corrected chi connectivity index (χ4v) is 8.90. The maximum atomic E-state index is 12.9. The zero-order valence-electron chi connectivity index (χ0n) is 45.8. The highest BCUT2D eigenvalue weighted by Gasteiger charge is 2.23. The molecule has 8 nitrogen and oxygen atoms in total. The fraction of sp³-hybridized carbons (Fsp3) is 0.783. The minimum absolute atomic E-state index is 0.0109. The molecule has 69 heavy (non-hydrogen) atoms. The third-order valence-corrected chi connectivity index (χ3v) is 13.6. The van der Waals surface area contributed by atoms with Gasteiger partial charge in [0.05, 0.1) is 39.9 Å². The number of aliphatic hydroxyl groups is 1. The number of likely N-dealkylation sites (N-methyl/N-ethyl adjacent to an activating group) is 1. The summed E-state index contributed by atoms with van der Waals surface area (Å²) in [6, 6.07) is -0.909. The van der Waals surface area contributed by atoms with Crippen LogP contribution in [-0.2, 0) is 18.4 Å². The molecule has 0 bridgehead atoms. The number of unbranched alkanes of at least 4 members (excludes halogenated alkanes) is 29. The molecule has 0 aliphatic rings. The van der Waals surface area contributed by atoms with E-state index in [2.05, 4.69) is 79.9 Å². The standard InChI is InChI=1S/C60H111N2O6P/c1-6-8-10-12-14-16-18-20-22-24-26-27-28-29-30-31-32-33-34-36-37-39-41-43-45-47-49-51-53-59(63)58(57-68-69(65,66)67-56-55-62(3,4)5)61-60(64)54-52-50-48-46-44-42-40-38-35-25-23-21-19-17-15-13-11-9-7-2/h9,11,15,17,21,23,35,38,42,44,51,53,58-59,63H,6-8,10,12-14,16,18-20,22,24-34,36-37,39-41,43,45-50,52,54-57H2,1-5H3,(H-,61,64,65,66)/b11-9-,17-15-,23-21-,38-35-,44-42-,53-51+. The summed E-state index contributed by atoms with van der Waals surface area (Å²) >= 11 is 0. The van der Waals surface area contributed by atoms with Crippen molar-refractivity contribution in [2.45, 2.75) is 264 Å². The zero-order valence-corrected chi connectivity index (χ0v) is 46.6. The van der Waals surface area contributed by atoms with E-state index < -0.39 is 26.6 Å². The topological polar surface area (TPSA) is 108 Å². The van der Waals surface area contributed by atoms with Crippen molar-refractivity contribution in [3.63, 3.8) is 0 Å². The molecule has 3 atom stereocenters. The molecule has 0 aromatic carbocycles. The zero-order chi connectivity index (χ0) is 50.6. The summed E-state index contributed by atoms with van der Waals surface area (Å²) < 4.78 is 23.3. The van der Waals surface area contributed by atoms with Crippen LogP contribution in [-0.4, -0.2) is 68.5 Å². The lowest BCUT2D eigenvalue weighted by molar-refractivity contribution is -0.870. The first-order chi connectivity index (χ1) is 33.5. The van der Waals surface area contributed by atoms with Crippen molar-refractivity contribution in [1.29, 1.82) is 0 Å². The number of phosphoric ester groups is 1. The van der Waals surface area contributed by atoms with Gasteiger partial charge in [-0.2, -0.15) is 0 Å². The Bertz CT molecular complexity index is 1350. The normalized spacial score (nSPS) is 14.5. The molecule has 9 heteroatoms. The van der Waals surface area contributed by atoms with Gasteiger partial charge in [-0.3, -0.25) is 9.36 Å². The van der Waals surface area contributed by atoms with Gasteiger partial charge in [-0.05, 0) is 64.2 Å². The summed E-state index contributed by atoms with van der Waals surface area (Å²) in [5.41, 5.74) is 0. The number of nitrogens with zero attached hydrogens (tertiary/aromatic N) is 1. The van der Waals surface area contributed by atoms with E-state index in [1.165, 1.54) is 154 Å². The average molecular weight is 988 g/mol. The van der Waals surface area contributed by atoms with Gasteiger partial charge in [-0.15, -0.1) is 0 Å². The van der Waals surface area contributed by atoms with Gasteiger partial charge >= 0.3 is 0 Å². The Morgan fingerprint density at radius 2 is 0.884 bits per heavy atom. The molecule has 402 valence electrons. The van der Waals surface area contributed by atoms with E-state index in [1.807, 2.05) is 27.2 Å². The van der Waals surface area contributed by atoms with E-state index in [9.17, 15) is 19.4 Å². The lowest BCUT2D eigenvalue weighted by Gasteiger charge is -2.29. The number of hydrogen-bond donors (Lipinski definition) is 2. The monoisotopic (exact) mass is 987 g/mol. The van der Waals surface area contributed by atoms with Gasteiger partial charge in [0.15, 0.2) is 0 Å². The second-order valence-corrected chi connectivity index (χ2v) is 22.0. The third-order valence-electron chi connectivity index (χ3n) is 12.7. The number of hydrogen-bond acceptors (Lipinski definition) is 6. The highest BCUT2D eigenvalue weighted by atomic mass is 31.2. The van der Waals surface area contributed by atoms with E-state index in [-0.39, 0.29) is 12.5 Å². The van der Waals surface area contributed by atoms with Crippen molar-refractivity contribution in [3.05, 3.63) is 72.9 Å². The van der Waals surface area contributed by atoms with Crippen molar-refractivity contribution >= 4 is 13.7 Å². The van der Waals surface area contributed by atoms with E-state index >= 15 is 0 Å². The molecule has 1 amide bonds. The van der Waals surface area contributed by atoms with Crippen LogP contribution in [0.25, 0.3) is 0 Å². The Labute approximate surface area is 427 Å². The predicted molar refractivity (Wildman–Crippen MR) is 297 cm³/mol. The fourth-order valence-electron chi connectivity index (χ4n) is 8.18. The quantitative estimate of drug-likeness (QED) is 0.0272. The maximum absolute atomic E-state index is 12.9. The predicted octanol–water partition coefficient (Wildman–Crippen LogP) is 16.9. The second kappa shape index (κ2) is 50.9. The number of allylic oxidation sites excluding steroid dienone is 11. The minimum atomic E-state index is -4.61. The molecular formula is C60H111N2O6P. The first kappa shape index (κ1) is 66.9. The first-order valence-corrected chi connectivity index (χ1v) is 30.3. The van der Waals surface area contributed by atoms with Crippen molar-refractivity contribution in [2.24, 2.45) is 0 Å². The number of carbonyl (C=O) groups excluding carboxylic acids is 1. The Hall–Kier alpha value is -2.06. The van der Waals surface area contributed by atoms with Gasteiger partial charge in [0.2, 0.25) is 5.91 Å². The van der Waals surface area contributed by atoms with Gasteiger partial charge in [-0.25, -0.2) is 0 Å². The van der Waals surface area contributed by atoms with Crippen LogP contribution in [0, 0.1) is 0 Å². The molecule has 0 radical (unpaired) electrons. The summed E-state index contributed by atoms with van der Waals surface area (Å²) in [7, 11) is 1.23. The first-order valence-electron chi connectivity index (χ1n) is 28.8. The third kappa shape index (κ3) is 53.6. The summed E-state index contributed by atoms with van der Waals surface area (Å²) in [6.07, 6.45) is 69.9. The van der Waals surface area contributed by atoms with Crippen LogP contribution in [0.5, 0.6) is 0 Å². The van der Waals surface area contributed by atoms with E-state index in [1.54, 1.807) is 6.08 Å².